The molecule has 1 aromatic rings. The van der Waals surface area contributed by atoms with E-state index in [0.29, 0.717) is 23.2 Å². The van der Waals surface area contributed by atoms with Gasteiger partial charge in [0.25, 0.3) is 5.91 Å². The first-order chi connectivity index (χ1) is 9.80. The smallest absolute Gasteiger partial charge is 0.337 e. The monoisotopic (exact) mass is 295 g/mol. The van der Waals surface area contributed by atoms with Gasteiger partial charge in [0.05, 0.1) is 6.54 Å². The highest BCUT2D eigenvalue weighted by Gasteiger charge is 2.46. The van der Waals surface area contributed by atoms with Crippen molar-refractivity contribution in [3.05, 3.63) is 34.6 Å². The molecule has 1 aromatic carbocycles. The van der Waals surface area contributed by atoms with Crippen molar-refractivity contribution in [3.8, 4) is 0 Å². The largest absolute Gasteiger partial charge is 0.479 e. The summed E-state index contributed by atoms with van der Waals surface area (Å²) in [7, 11) is 1.33. The molecule has 0 aromatic heterocycles. The number of carbonyl (C=O) groups excluding carboxylic acids is 1. The number of nitrogens with zero attached hydrogens (tertiary/aromatic N) is 1. The number of likely N-dealkylation sites (tertiary alicyclic amines) is 1. The Kier molecular flexibility index (Phi) is 4.00. The maximum absolute atomic E-state index is 13.6. The molecule has 5 nitrogen and oxygen atoms in total. The summed E-state index contributed by atoms with van der Waals surface area (Å²) in [6.45, 7) is 3.49. The van der Waals surface area contributed by atoms with Crippen molar-refractivity contribution in [1.82, 2.24) is 4.90 Å². The van der Waals surface area contributed by atoms with Crippen LogP contribution >= 0.6 is 0 Å². The van der Waals surface area contributed by atoms with Gasteiger partial charge in [-0.15, -0.1) is 0 Å². The molecule has 1 amide bonds. The molecule has 0 saturated carbocycles. The Bertz CT molecular complexity index is 578. The van der Waals surface area contributed by atoms with E-state index in [1.807, 2.05) is 0 Å². The van der Waals surface area contributed by atoms with E-state index in [0.717, 1.165) is 0 Å². The van der Waals surface area contributed by atoms with Gasteiger partial charge in [-0.3, -0.25) is 4.79 Å². The second kappa shape index (κ2) is 5.44. The Morgan fingerprint density at radius 3 is 2.33 bits per heavy atom. The van der Waals surface area contributed by atoms with Crippen LogP contribution in [-0.4, -0.2) is 47.7 Å². The van der Waals surface area contributed by atoms with Crippen molar-refractivity contribution in [2.24, 2.45) is 0 Å². The molecule has 1 unspecified atom stereocenters. The van der Waals surface area contributed by atoms with Crippen LogP contribution in [0.5, 0.6) is 0 Å². The van der Waals surface area contributed by atoms with Crippen molar-refractivity contribution in [2.45, 2.75) is 25.9 Å². The van der Waals surface area contributed by atoms with Crippen LogP contribution in [0.15, 0.2) is 12.1 Å². The molecule has 1 aliphatic rings. The minimum Gasteiger partial charge on any atom is -0.479 e. The van der Waals surface area contributed by atoms with Crippen LogP contribution < -0.4 is 0 Å². The summed E-state index contributed by atoms with van der Waals surface area (Å²) >= 11 is 0. The lowest BCUT2D eigenvalue weighted by Gasteiger charge is -2.23. The van der Waals surface area contributed by atoms with Gasteiger partial charge in [0.1, 0.15) is 5.82 Å². The first-order valence-corrected chi connectivity index (χ1v) is 6.65. The van der Waals surface area contributed by atoms with Crippen LogP contribution in [0.2, 0.25) is 0 Å². The number of hydrogen-bond donors (Lipinski definition) is 1. The molecule has 21 heavy (non-hydrogen) atoms. The topological polar surface area (TPSA) is 66.8 Å². The van der Waals surface area contributed by atoms with E-state index in [1.54, 1.807) is 13.8 Å². The average molecular weight is 295 g/mol. The minimum atomic E-state index is -1.35. The molecule has 2 rings (SSSR count). The molecular weight excluding hydrogens is 277 g/mol. The van der Waals surface area contributed by atoms with Gasteiger partial charge in [0, 0.05) is 25.6 Å². The summed E-state index contributed by atoms with van der Waals surface area (Å²) in [4.78, 5) is 25.2. The van der Waals surface area contributed by atoms with Gasteiger partial charge in [-0.1, -0.05) is 0 Å². The lowest BCUT2D eigenvalue weighted by Crippen LogP contribution is -2.44. The van der Waals surface area contributed by atoms with E-state index >= 15 is 0 Å². The Morgan fingerprint density at radius 1 is 1.33 bits per heavy atom. The Labute approximate surface area is 122 Å². The lowest BCUT2D eigenvalue weighted by molar-refractivity contribution is -0.160. The Balaban J connectivity index is 2.25. The molecule has 114 valence electrons. The molecule has 0 bridgehead atoms. The zero-order valence-electron chi connectivity index (χ0n) is 12.3. The number of amides is 1. The first kappa shape index (κ1) is 15.4. The number of carboxylic acids is 1. The number of ether oxygens (including phenoxy) is 1. The van der Waals surface area contributed by atoms with Gasteiger partial charge in [-0.05, 0) is 37.1 Å². The number of carboxylic acid groups (broad SMARTS) is 1. The number of benzene rings is 1. The minimum absolute atomic E-state index is 0.00681. The Hall–Kier alpha value is -1.95. The average Bonchev–Trinajstić information content (AvgIpc) is 2.89. The fourth-order valence-corrected chi connectivity index (χ4v) is 2.64. The van der Waals surface area contributed by atoms with Gasteiger partial charge in [-0.25, -0.2) is 9.18 Å². The highest BCUT2D eigenvalue weighted by atomic mass is 19.1. The molecule has 1 atom stereocenters. The van der Waals surface area contributed by atoms with Gasteiger partial charge in [0.15, 0.2) is 5.60 Å². The van der Waals surface area contributed by atoms with E-state index in [-0.39, 0.29) is 24.7 Å². The number of aliphatic carboxylic acids is 1. The lowest BCUT2D eigenvalue weighted by atomic mass is 10.0. The maximum Gasteiger partial charge on any atom is 0.337 e. The highest BCUT2D eigenvalue weighted by molar-refractivity contribution is 5.95. The van der Waals surface area contributed by atoms with Gasteiger partial charge < -0.3 is 14.7 Å². The molecule has 6 heteroatoms. The van der Waals surface area contributed by atoms with E-state index in [4.69, 9.17) is 4.74 Å². The van der Waals surface area contributed by atoms with Crippen LogP contribution in [0.4, 0.5) is 4.39 Å². The summed E-state index contributed by atoms with van der Waals surface area (Å²) < 4.78 is 18.7. The molecule has 0 aliphatic carbocycles. The van der Waals surface area contributed by atoms with Crippen molar-refractivity contribution < 1.29 is 23.8 Å². The predicted octanol–water partition coefficient (Wildman–Crippen LogP) is 1.76. The van der Waals surface area contributed by atoms with Crippen LogP contribution in [0.25, 0.3) is 0 Å². The number of hydrogen-bond acceptors (Lipinski definition) is 3. The normalized spacial score (nSPS) is 21.6. The third kappa shape index (κ3) is 2.63. The molecule has 1 saturated heterocycles. The van der Waals surface area contributed by atoms with Crippen LogP contribution in [0.3, 0.4) is 0 Å². The zero-order chi connectivity index (χ0) is 15.8. The molecule has 1 fully saturated rings. The van der Waals surface area contributed by atoms with Crippen LogP contribution in [-0.2, 0) is 9.53 Å². The molecular formula is C15H18FNO4. The van der Waals surface area contributed by atoms with Crippen molar-refractivity contribution >= 4 is 11.9 Å². The van der Waals surface area contributed by atoms with E-state index in [9.17, 15) is 19.1 Å². The fraction of sp³-hybridized carbons (Fsp3) is 0.467. The summed E-state index contributed by atoms with van der Waals surface area (Å²) in [5.74, 6) is -1.71. The van der Waals surface area contributed by atoms with E-state index in [1.165, 1.54) is 24.1 Å². The summed E-state index contributed by atoms with van der Waals surface area (Å²) in [6, 6.07) is 2.97. The first-order valence-electron chi connectivity index (χ1n) is 6.65. The summed E-state index contributed by atoms with van der Waals surface area (Å²) in [6.07, 6.45) is 0.240. The predicted molar refractivity (Wildman–Crippen MR) is 73.8 cm³/mol. The fourth-order valence-electron chi connectivity index (χ4n) is 2.64. The molecule has 0 spiro atoms. The van der Waals surface area contributed by atoms with E-state index in [2.05, 4.69) is 0 Å². The number of rotatable bonds is 3. The second-order valence-corrected chi connectivity index (χ2v) is 5.40. The second-order valence-electron chi connectivity index (χ2n) is 5.40. The number of aryl methyl sites for hydroxylation is 2. The van der Waals surface area contributed by atoms with Gasteiger partial charge in [0.2, 0.25) is 0 Å². The Morgan fingerprint density at radius 2 is 1.90 bits per heavy atom. The molecule has 1 aliphatic heterocycles. The van der Waals surface area contributed by atoms with Crippen LogP contribution in [0, 0.1) is 19.7 Å². The van der Waals surface area contributed by atoms with Gasteiger partial charge >= 0.3 is 5.97 Å². The van der Waals surface area contributed by atoms with Gasteiger partial charge in [-0.2, -0.15) is 0 Å². The highest BCUT2D eigenvalue weighted by Crippen LogP contribution is 2.27. The quantitative estimate of drug-likeness (QED) is 0.922. The SMILES string of the molecule is COC1(C(=O)O)CCN(C(=O)c2cc(C)c(F)c(C)c2)C1. The third-order valence-corrected chi connectivity index (χ3v) is 3.98. The summed E-state index contributed by atoms with van der Waals surface area (Å²) in [5.41, 5.74) is -0.189. The van der Waals surface area contributed by atoms with Crippen molar-refractivity contribution in [2.75, 3.05) is 20.2 Å². The van der Waals surface area contributed by atoms with Crippen molar-refractivity contribution in [1.29, 1.82) is 0 Å². The summed E-state index contributed by atoms with van der Waals surface area (Å²) in [5, 5.41) is 9.25. The number of carbonyl (C=O) groups is 2. The standard InChI is InChI=1S/C15H18FNO4/c1-9-6-11(7-10(2)12(9)16)13(18)17-5-4-15(8-17,21-3)14(19)20/h6-7H,4-5,8H2,1-3H3,(H,19,20). The van der Waals surface area contributed by atoms with Crippen molar-refractivity contribution in [3.63, 3.8) is 0 Å². The third-order valence-electron chi connectivity index (χ3n) is 3.98. The number of halogens is 1. The van der Waals surface area contributed by atoms with Crippen LogP contribution in [0.1, 0.15) is 27.9 Å². The molecule has 1 N–H and O–H groups in total. The molecule has 1 heterocycles. The molecule has 0 radical (unpaired) electrons. The number of methoxy groups -OCH3 is 1. The maximum atomic E-state index is 13.6. The zero-order valence-corrected chi connectivity index (χ0v) is 12.3. The van der Waals surface area contributed by atoms with E-state index < -0.39 is 11.6 Å².